The first-order chi connectivity index (χ1) is 14.7. The molecule has 1 aliphatic carbocycles. The number of hydrogen-bond acceptors (Lipinski definition) is 4. The third kappa shape index (κ3) is 4.72. The van der Waals surface area contributed by atoms with E-state index >= 15 is 0 Å². The second-order valence-corrected chi connectivity index (χ2v) is 13.3. The molecule has 1 aliphatic heterocycles. The highest BCUT2D eigenvalue weighted by Gasteiger charge is 2.57. The summed E-state index contributed by atoms with van der Waals surface area (Å²) in [6.07, 6.45) is 3.05. The molecule has 1 saturated heterocycles. The summed E-state index contributed by atoms with van der Waals surface area (Å²) in [6.45, 7) is 13.4. The Bertz CT molecular complexity index is 1170. The molecule has 5 nitrogen and oxygen atoms in total. The summed E-state index contributed by atoms with van der Waals surface area (Å²) in [6, 6.07) is 10.6. The topological polar surface area (TPSA) is 67.3 Å². The Morgan fingerprint density at radius 2 is 1.58 bits per heavy atom. The summed E-state index contributed by atoms with van der Waals surface area (Å²) in [4.78, 5) is 20.4. The number of hydrogen-bond donors (Lipinski definition) is 0. The first-order valence-corrected chi connectivity index (χ1v) is 13.0. The maximum atomic E-state index is 13.6. The summed E-state index contributed by atoms with van der Waals surface area (Å²) in [5.41, 5.74) is 2.28. The van der Waals surface area contributed by atoms with E-state index in [4.69, 9.17) is 0 Å². The molecule has 2 aromatic rings. The van der Waals surface area contributed by atoms with Crippen molar-refractivity contribution in [2.45, 2.75) is 84.4 Å². The number of carbonyl (C=O) groups is 1. The number of likely N-dealkylation sites (tertiary alicyclic amines) is 1. The minimum absolute atomic E-state index is 0. The highest BCUT2D eigenvalue weighted by Crippen LogP contribution is 2.57. The van der Waals surface area contributed by atoms with Crippen LogP contribution in [0.25, 0.3) is 0 Å². The average Bonchev–Trinajstić information content (AvgIpc) is 2.84. The van der Waals surface area contributed by atoms with Crippen molar-refractivity contribution in [3.05, 3.63) is 58.9 Å². The lowest BCUT2D eigenvalue weighted by Crippen LogP contribution is -2.48. The Morgan fingerprint density at radius 3 is 2.21 bits per heavy atom. The fraction of sp³-hybridized carbons (Fsp3) is 0.556. The van der Waals surface area contributed by atoms with Crippen LogP contribution in [0.1, 0.15) is 81.7 Å². The fourth-order valence-electron chi connectivity index (χ4n) is 6.86. The van der Waals surface area contributed by atoms with Crippen molar-refractivity contribution in [3.8, 4) is 0 Å². The van der Waals surface area contributed by atoms with Crippen LogP contribution in [-0.2, 0) is 15.6 Å². The summed E-state index contributed by atoms with van der Waals surface area (Å²) < 4.78 is 26.3. The zero-order chi connectivity index (χ0) is 23.5. The van der Waals surface area contributed by atoms with Crippen LogP contribution in [0.5, 0.6) is 0 Å². The molecule has 6 heteroatoms. The third-order valence-electron chi connectivity index (χ3n) is 7.09. The predicted molar refractivity (Wildman–Crippen MR) is 133 cm³/mol. The largest absolute Gasteiger partial charge is 0.331 e. The molecule has 2 heterocycles. The number of carbonyl (C=O) groups excluding carboxylic acids is 1. The van der Waals surface area contributed by atoms with E-state index in [0.29, 0.717) is 16.3 Å². The van der Waals surface area contributed by atoms with Gasteiger partial charge in [-0.25, -0.2) is 13.4 Å². The smallest absolute Gasteiger partial charge is 0.272 e. The van der Waals surface area contributed by atoms with Gasteiger partial charge in [-0.15, -0.1) is 0 Å². The molecule has 0 N–H and O–H groups in total. The molecule has 0 unspecified atom stereocenters. The van der Waals surface area contributed by atoms with Crippen LogP contribution in [0.2, 0.25) is 0 Å². The van der Waals surface area contributed by atoms with E-state index in [1.807, 2.05) is 11.0 Å². The minimum Gasteiger partial charge on any atom is -0.331 e. The molecule has 0 radical (unpaired) electrons. The van der Waals surface area contributed by atoms with E-state index in [1.165, 1.54) is 0 Å². The van der Waals surface area contributed by atoms with E-state index in [-0.39, 0.29) is 35.5 Å². The van der Waals surface area contributed by atoms with Gasteiger partial charge in [-0.05, 0) is 74.1 Å². The second kappa shape index (κ2) is 8.23. The lowest BCUT2D eigenvalue weighted by molar-refractivity contribution is 0.0464. The molecule has 1 amide bonds. The normalized spacial score (nSPS) is 26.1. The number of pyridine rings is 1. The van der Waals surface area contributed by atoms with Gasteiger partial charge in [-0.1, -0.05) is 52.5 Å². The van der Waals surface area contributed by atoms with Gasteiger partial charge in [0.05, 0.1) is 16.3 Å². The van der Waals surface area contributed by atoms with Crippen LogP contribution in [-0.4, -0.2) is 36.3 Å². The number of rotatable bonds is 4. The zero-order valence-electron chi connectivity index (χ0n) is 20.0. The molecular formula is C27H38N2O3S. The second-order valence-electron chi connectivity index (χ2n) is 11.4. The molecule has 4 rings (SSSR count). The molecule has 1 aromatic carbocycles. The lowest BCUT2D eigenvalue weighted by Gasteiger charge is -2.45. The zero-order valence-corrected chi connectivity index (χ0v) is 20.8. The molecule has 2 aliphatic rings. The van der Waals surface area contributed by atoms with Crippen molar-refractivity contribution >= 4 is 15.7 Å². The molecule has 1 saturated carbocycles. The third-order valence-corrected chi connectivity index (χ3v) is 9.03. The quantitative estimate of drug-likeness (QED) is 0.571. The van der Waals surface area contributed by atoms with Gasteiger partial charge in [0.15, 0.2) is 9.84 Å². The standard InChI is InChI=1S/C26H34N2O3S.CH4/c1-18-9-7-10-19(2)22(18)32(30,31)13-20-11-8-12-21(27-20)23(29)28-17-25(5)14-24(3,4)15-26(28,6)16-25;/h7-12H,13-17H2,1-6H3;1H4/t25-,26+;/m0./s1. The minimum atomic E-state index is -3.58. The van der Waals surface area contributed by atoms with Crippen molar-refractivity contribution in [1.82, 2.24) is 9.88 Å². The van der Waals surface area contributed by atoms with Crippen LogP contribution in [0.3, 0.4) is 0 Å². The molecule has 1 aromatic heterocycles. The van der Waals surface area contributed by atoms with Crippen LogP contribution in [0.15, 0.2) is 41.3 Å². The number of sulfone groups is 1. The maximum Gasteiger partial charge on any atom is 0.272 e. The van der Waals surface area contributed by atoms with Crippen LogP contribution >= 0.6 is 0 Å². The number of fused-ring (bicyclic) bond motifs is 2. The van der Waals surface area contributed by atoms with Gasteiger partial charge in [-0.3, -0.25) is 4.79 Å². The van der Waals surface area contributed by atoms with Crippen molar-refractivity contribution in [2.24, 2.45) is 10.8 Å². The molecule has 2 atom stereocenters. The summed E-state index contributed by atoms with van der Waals surface area (Å²) in [5, 5.41) is 0. The van der Waals surface area contributed by atoms with Gasteiger partial charge in [0.1, 0.15) is 5.69 Å². The Morgan fingerprint density at radius 1 is 0.970 bits per heavy atom. The van der Waals surface area contributed by atoms with Gasteiger partial charge >= 0.3 is 0 Å². The maximum absolute atomic E-state index is 13.6. The molecule has 0 spiro atoms. The number of amides is 1. The summed E-state index contributed by atoms with van der Waals surface area (Å²) in [5.74, 6) is -0.317. The molecule has 2 bridgehead atoms. The Labute approximate surface area is 199 Å². The van der Waals surface area contributed by atoms with Gasteiger partial charge < -0.3 is 4.90 Å². The summed E-state index contributed by atoms with van der Waals surface area (Å²) >= 11 is 0. The lowest BCUT2D eigenvalue weighted by atomic mass is 9.61. The molecule has 33 heavy (non-hydrogen) atoms. The number of nitrogens with zero attached hydrogens (tertiary/aromatic N) is 2. The summed E-state index contributed by atoms with van der Waals surface area (Å²) in [7, 11) is -3.58. The first-order valence-electron chi connectivity index (χ1n) is 11.3. The van der Waals surface area contributed by atoms with Gasteiger partial charge in [0.2, 0.25) is 0 Å². The molecule has 180 valence electrons. The van der Waals surface area contributed by atoms with Gasteiger partial charge in [-0.2, -0.15) is 0 Å². The fourth-order valence-corrected chi connectivity index (χ4v) is 8.67. The Hall–Kier alpha value is -2.21. The van der Waals surface area contributed by atoms with E-state index < -0.39 is 9.84 Å². The van der Waals surface area contributed by atoms with E-state index in [1.54, 1.807) is 44.2 Å². The van der Waals surface area contributed by atoms with Crippen molar-refractivity contribution < 1.29 is 13.2 Å². The number of aromatic nitrogens is 1. The van der Waals surface area contributed by atoms with Gasteiger partial charge in [0.25, 0.3) is 5.91 Å². The van der Waals surface area contributed by atoms with Crippen molar-refractivity contribution in [1.29, 1.82) is 0 Å². The molecular weight excluding hydrogens is 432 g/mol. The van der Waals surface area contributed by atoms with Gasteiger partial charge in [0, 0.05) is 12.1 Å². The first kappa shape index (κ1) is 25.4. The van der Waals surface area contributed by atoms with Crippen molar-refractivity contribution in [2.75, 3.05) is 6.54 Å². The monoisotopic (exact) mass is 470 g/mol. The number of aryl methyl sites for hydroxylation is 2. The van der Waals surface area contributed by atoms with E-state index in [2.05, 4.69) is 32.7 Å². The van der Waals surface area contributed by atoms with Crippen LogP contribution in [0.4, 0.5) is 0 Å². The highest BCUT2D eigenvalue weighted by molar-refractivity contribution is 7.90. The highest BCUT2D eigenvalue weighted by atomic mass is 32.2. The van der Waals surface area contributed by atoms with Crippen LogP contribution < -0.4 is 0 Å². The Kier molecular flexibility index (Phi) is 6.33. The van der Waals surface area contributed by atoms with E-state index in [9.17, 15) is 13.2 Å². The van der Waals surface area contributed by atoms with Crippen LogP contribution in [0, 0.1) is 24.7 Å². The molecule has 2 fully saturated rings. The number of benzene rings is 1. The average molecular weight is 471 g/mol. The van der Waals surface area contributed by atoms with Crippen molar-refractivity contribution in [3.63, 3.8) is 0 Å². The van der Waals surface area contributed by atoms with E-state index in [0.717, 1.165) is 36.9 Å². The Balaban J connectivity index is 0.00000306. The SMILES string of the molecule is C.Cc1cccc(C)c1S(=O)(=O)Cc1cccc(C(=O)N2C[C@@]3(C)CC(C)(C)C[C@]2(C)C3)n1. The predicted octanol–water partition coefficient (Wildman–Crippen LogP) is 5.74.